The molecule has 0 aliphatic rings. The molecule has 28 heavy (non-hydrogen) atoms. The highest BCUT2D eigenvalue weighted by Gasteiger charge is 2.21. The van der Waals surface area contributed by atoms with Gasteiger partial charge in [-0.05, 0) is 13.0 Å². The normalized spacial score (nSPS) is 10.2. The number of nitrogens with zero attached hydrogens (tertiary/aromatic N) is 2. The number of pyridine rings is 1. The van der Waals surface area contributed by atoms with Crippen molar-refractivity contribution in [1.29, 1.82) is 5.26 Å². The lowest BCUT2D eigenvalue weighted by Gasteiger charge is -2.17. The predicted molar refractivity (Wildman–Crippen MR) is 109 cm³/mol. The van der Waals surface area contributed by atoms with Crippen LogP contribution in [0.2, 0.25) is 0 Å². The zero-order valence-corrected chi connectivity index (χ0v) is 16.2. The van der Waals surface area contributed by atoms with Crippen LogP contribution in [0.3, 0.4) is 0 Å². The largest absolute Gasteiger partial charge is 0.496 e. The van der Waals surface area contributed by atoms with E-state index in [1.165, 1.54) is 0 Å². The Labute approximate surface area is 164 Å². The fraction of sp³-hybridized carbons (Fsp3) is 0.182. The number of aryl methyl sites for hydroxylation is 1. The molecular weight excluding hydrogens is 354 g/mol. The average molecular weight is 375 g/mol. The van der Waals surface area contributed by atoms with Gasteiger partial charge in [-0.2, -0.15) is 5.26 Å². The summed E-state index contributed by atoms with van der Waals surface area (Å²) in [5.74, 6) is 1.74. The summed E-state index contributed by atoms with van der Waals surface area (Å²) >= 11 is 0. The van der Waals surface area contributed by atoms with Crippen molar-refractivity contribution < 1.29 is 14.2 Å². The van der Waals surface area contributed by atoms with Gasteiger partial charge in [0.25, 0.3) is 0 Å². The third-order valence-corrected chi connectivity index (χ3v) is 4.49. The number of aromatic nitrogens is 1. The Kier molecular flexibility index (Phi) is 5.37. The lowest BCUT2D eigenvalue weighted by atomic mass is 9.96. The van der Waals surface area contributed by atoms with Crippen LogP contribution >= 0.6 is 0 Å². The number of nitriles is 1. The second kappa shape index (κ2) is 7.89. The van der Waals surface area contributed by atoms with Gasteiger partial charge < -0.3 is 19.9 Å². The van der Waals surface area contributed by atoms with E-state index < -0.39 is 0 Å². The van der Waals surface area contributed by atoms with E-state index in [2.05, 4.69) is 11.1 Å². The molecule has 0 unspecified atom stereocenters. The minimum atomic E-state index is 0.149. The molecule has 0 saturated heterocycles. The van der Waals surface area contributed by atoms with E-state index in [1.54, 1.807) is 33.5 Å². The molecule has 142 valence electrons. The maximum absolute atomic E-state index is 9.71. The smallest absolute Gasteiger partial charge is 0.142 e. The molecule has 2 N–H and O–H groups in total. The van der Waals surface area contributed by atoms with Gasteiger partial charge in [-0.1, -0.05) is 29.8 Å². The van der Waals surface area contributed by atoms with E-state index in [-0.39, 0.29) is 11.4 Å². The Balaban J connectivity index is 2.32. The highest BCUT2D eigenvalue weighted by Crippen LogP contribution is 2.44. The quantitative estimate of drug-likeness (QED) is 0.719. The van der Waals surface area contributed by atoms with Crippen LogP contribution in [-0.4, -0.2) is 26.3 Å². The number of rotatable bonds is 5. The fourth-order valence-corrected chi connectivity index (χ4v) is 3.02. The van der Waals surface area contributed by atoms with Crippen LogP contribution in [0.1, 0.15) is 11.1 Å². The molecule has 0 amide bonds. The zero-order chi connectivity index (χ0) is 20.3. The van der Waals surface area contributed by atoms with E-state index in [4.69, 9.17) is 19.9 Å². The SMILES string of the molecule is COc1cc(OC)c(-c2cc(-c3ccc(C)cc3)nc(N)c2C#N)c(OC)c1. The van der Waals surface area contributed by atoms with E-state index in [1.807, 2.05) is 37.3 Å². The number of hydrogen-bond acceptors (Lipinski definition) is 6. The van der Waals surface area contributed by atoms with Crippen molar-refractivity contribution in [2.45, 2.75) is 6.92 Å². The Morgan fingerprint density at radius 1 is 0.929 bits per heavy atom. The monoisotopic (exact) mass is 375 g/mol. The molecule has 1 heterocycles. The Hall–Kier alpha value is -3.72. The lowest BCUT2D eigenvalue weighted by Crippen LogP contribution is -2.02. The van der Waals surface area contributed by atoms with Crippen LogP contribution in [0.15, 0.2) is 42.5 Å². The van der Waals surface area contributed by atoms with Crippen molar-refractivity contribution in [2.24, 2.45) is 0 Å². The van der Waals surface area contributed by atoms with E-state index >= 15 is 0 Å². The minimum Gasteiger partial charge on any atom is -0.496 e. The molecule has 0 saturated carbocycles. The van der Waals surface area contributed by atoms with Crippen LogP contribution in [0.25, 0.3) is 22.4 Å². The first-order valence-electron chi connectivity index (χ1n) is 8.60. The summed E-state index contributed by atoms with van der Waals surface area (Å²) in [6, 6.07) is 15.4. The van der Waals surface area contributed by atoms with Crippen molar-refractivity contribution >= 4 is 5.82 Å². The van der Waals surface area contributed by atoms with Gasteiger partial charge in [0.1, 0.15) is 34.7 Å². The fourth-order valence-electron chi connectivity index (χ4n) is 3.02. The number of ether oxygens (including phenoxy) is 3. The molecule has 0 fully saturated rings. The van der Waals surface area contributed by atoms with Gasteiger partial charge >= 0.3 is 0 Å². The first kappa shape index (κ1) is 19.1. The minimum absolute atomic E-state index is 0.149. The van der Waals surface area contributed by atoms with Gasteiger partial charge in [-0.15, -0.1) is 0 Å². The molecule has 2 aromatic carbocycles. The maximum Gasteiger partial charge on any atom is 0.142 e. The van der Waals surface area contributed by atoms with Gasteiger partial charge in [-0.3, -0.25) is 0 Å². The number of benzene rings is 2. The highest BCUT2D eigenvalue weighted by atomic mass is 16.5. The maximum atomic E-state index is 9.71. The average Bonchev–Trinajstić information content (AvgIpc) is 2.72. The van der Waals surface area contributed by atoms with E-state index in [9.17, 15) is 5.26 Å². The van der Waals surface area contributed by atoms with Crippen molar-refractivity contribution in [3.05, 3.63) is 53.6 Å². The number of methoxy groups -OCH3 is 3. The molecular formula is C22H21N3O3. The predicted octanol–water partition coefficient (Wildman–Crippen LogP) is 4.20. The summed E-state index contributed by atoms with van der Waals surface area (Å²) < 4.78 is 16.4. The summed E-state index contributed by atoms with van der Waals surface area (Å²) in [5.41, 5.74) is 10.3. The third kappa shape index (κ3) is 3.42. The van der Waals surface area contributed by atoms with Crippen LogP contribution in [0.4, 0.5) is 5.82 Å². The van der Waals surface area contributed by atoms with Crippen molar-refractivity contribution in [3.63, 3.8) is 0 Å². The van der Waals surface area contributed by atoms with Gasteiger partial charge in [0, 0.05) is 23.3 Å². The third-order valence-electron chi connectivity index (χ3n) is 4.49. The summed E-state index contributed by atoms with van der Waals surface area (Å²) in [6.07, 6.45) is 0. The Bertz CT molecular complexity index is 1030. The molecule has 0 aliphatic heterocycles. The molecule has 0 spiro atoms. The van der Waals surface area contributed by atoms with Gasteiger partial charge in [0.15, 0.2) is 0 Å². The zero-order valence-electron chi connectivity index (χ0n) is 16.2. The lowest BCUT2D eigenvalue weighted by molar-refractivity contribution is 0.377. The molecule has 3 aromatic rings. The van der Waals surface area contributed by atoms with Crippen LogP contribution in [0.5, 0.6) is 17.2 Å². The second-order valence-corrected chi connectivity index (χ2v) is 6.20. The molecule has 0 atom stereocenters. The summed E-state index contributed by atoms with van der Waals surface area (Å²) in [7, 11) is 4.67. The van der Waals surface area contributed by atoms with Crippen LogP contribution in [-0.2, 0) is 0 Å². The van der Waals surface area contributed by atoms with E-state index in [0.29, 0.717) is 34.1 Å². The van der Waals surface area contributed by atoms with E-state index in [0.717, 1.165) is 11.1 Å². The molecule has 1 aromatic heterocycles. The highest BCUT2D eigenvalue weighted by molar-refractivity contribution is 5.87. The molecule has 0 bridgehead atoms. The first-order valence-corrected chi connectivity index (χ1v) is 8.60. The molecule has 0 aliphatic carbocycles. The van der Waals surface area contributed by atoms with Gasteiger partial charge in [0.2, 0.25) is 0 Å². The second-order valence-electron chi connectivity index (χ2n) is 6.20. The van der Waals surface area contributed by atoms with Crippen LogP contribution < -0.4 is 19.9 Å². The van der Waals surface area contributed by atoms with Gasteiger partial charge in [-0.25, -0.2) is 4.98 Å². The molecule has 3 rings (SSSR count). The topological polar surface area (TPSA) is 90.4 Å². The van der Waals surface area contributed by atoms with Crippen molar-refractivity contribution in [1.82, 2.24) is 4.98 Å². The van der Waals surface area contributed by atoms with Gasteiger partial charge in [0.05, 0.1) is 32.6 Å². The molecule has 0 radical (unpaired) electrons. The Morgan fingerprint density at radius 3 is 2.04 bits per heavy atom. The van der Waals surface area contributed by atoms with Crippen molar-refractivity contribution in [2.75, 3.05) is 27.1 Å². The summed E-state index contributed by atoms with van der Waals surface area (Å²) in [6.45, 7) is 2.02. The van der Waals surface area contributed by atoms with Crippen LogP contribution in [0, 0.1) is 18.3 Å². The van der Waals surface area contributed by atoms with Crippen molar-refractivity contribution in [3.8, 4) is 45.7 Å². The standard InChI is InChI=1S/C22H21N3O3/c1-13-5-7-14(8-6-13)18-11-16(17(12-23)22(24)25-18)21-19(27-3)9-15(26-2)10-20(21)28-4/h5-11H,1-4H3,(H2,24,25). The molecule has 6 heteroatoms. The molecule has 6 nitrogen and oxygen atoms in total. The number of nitrogens with two attached hydrogens (primary N) is 1. The number of hydrogen-bond donors (Lipinski definition) is 1. The summed E-state index contributed by atoms with van der Waals surface area (Å²) in [5, 5.41) is 9.71. The number of anilines is 1. The first-order chi connectivity index (χ1) is 13.5. The summed E-state index contributed by atoms with van der Waals surface area (Å²) in [4.78, 5) is 4.42. The number of nitrogen functional groups attached to an aromatic ring is 1. The Morgan fingerprint density at radius 2 is 1.54 bits per heavy atom.